The summed E-state index contributed by atoms with van der Waals surface area (Å²) in [5.74, 6) is -0.121. The molecule has 2 atom stereocenters. The fourth-order valence-corrected chi connectivity index (χ4v) is 2.25. The number of rotatable bonds is 15. The van der Waals surface area contributed by atoms with Crippen molar-refractivity contribution in [3.05, 3.63) is 36.5 Å². The van der Waals surface area contributed by atoms with Crippen LogP contribution in [0.25, 0.3) is 0 Å². The fraction of sp³-hybridized carbons (Fsp3) is 0.667. The van der Waals surface area contributed by atoms with Crippen LogP contribution in [0.1, 0.15) is 71.6 Å². The van der Waals surface area contributed by atoms with Gasteiger partial charge in [-0.25, -0.2) is 0 Å². The molecule has 0 fully saturated rings. The van der Waals surface area contributed by atoms with Gasteiger partial charge in [0.05, 0.1) is 18.8 Å². The molecule has 0 heterocycles. The second-order valence-electron chi connectivity index (χ2n) is 6.27. The van der Waals surface area contributed by atoms with E-state index in [0.717, 1.165) is 44.9 Å². The van der Waals surface area contributed by atoms with Crippen molar-refractivity contribution < 1.29 is 15.0 Å². The van der Waals surface area contributed by atoms with Crippen LogP contribution in [0.4, 0.5) is 0 Å². The number of hydrogen-bond acceptors (Lipinski definition) is 3. The van der Waals surface area contributed by atoms with Crippen molar-refractivity contribution in [1.29, 1.82) is 0 Å². The summed E-state index contributed by atoms with van der Waals surface area (Å²) in [7, 11) is 0. The van der Waals surface area contributed by atoms with Crippen molar-refractivity contribution in [3.63, 3.8) is 0 Å². The summed E-state index contributed by atoms with van der Waals surface area (Å²) < 4.78 is 0. The van der Waals surface area contributed by atoms with Gasteiger partial charge in [0.2, 0.25) is 5.91 Å². The zero-order valence-corrected chi connectivity index (χ0v) is 16.0. The minimum Gasteiger partial charge on any atom is -0.394 e. The largest absolute Gasteiger partial charge is 0.394 e. The van der Waals surface area contributed by atoms with E-state index in [2.05, 4.69) is 36.5 Å². The topological polar surface area (TPSA) is 69.6 Å². The van der Waals surface area contributed by atoms with E-state index in [1.165, 1.54) is 6.42 Å². The minimum atomic E-state index is -0.858. The number of unbranched alkanes of at least 4 members (excludes halogenated alkanes) is 4. The molecule has 0 aromatic heterocycles. The van der Waals surface area contributed by atoms with Gasteiger partial charge >= 0.3 is 0 Å². The molecule has 4 nitrogen and oxygen atoms in total. The smallest absolute Gasteiger partial charge is 0.220 e. The molecule has 0 aromatic rings. The van der Waals surface area contributed by atoms with Crippen LogP contribution in [0.5, 0.6) is 0 Å². The molecule has 25 heavy (non-hydrogen) atoms. The first-order chi connectivity index (χ1) is 12.2. The summed E-state index contributed by atoms with van der Waals surface area (Å²) in [6, 6.07) is -0.633. The van der Waals surface area contributed by atoms with Gasteiger partial charge < -0.3 is 15.5 Å². The SMILES string of the molecule is CCC/C=C/CC/C=C/CC/C=C/C(O)C(CO)NC(=O)CCCC. The van der Waals surface area contributed by atoms with Crippen LogP contribution in [0.2, 0.25) is 0 Å². The average Bonchev–Trinajstić information content (AvgIpc) is 2.62. The lowest BCUT2D eigenvalue weighted by atomic mass is 10.1. The van der Waals surface area contributed by atoms with E-state index in [4.69, 9.17) is 0 Å². The molecule has 0 aliphatic heterocycles. The van der Waals surface area contributed by atoms with Gasteiger partial charge in [0.25, 0.3) is 0 Å². The third kappa shape index (κ3) is 14.6. The fourth-order valence-electron chi connectivity index (χ4n) is 2.25. The van der Waals surface area contributed by atoms with Crippen LogP contribution in [0, 0.1) is 0 Å². The van der Waals surface area contributed by atoms with Gasteiger partial charge in [0, 0.05) is 6.42 Å². The van der Waals surface area contributed by atoms with Gasteiger partial charge in [-0.05, 0) is 38.5 Å². The zero-order valence-electron chi connectivity index (χ0n) is 16.0. The average molecular weight is 352 g/mol. The van der Waals surface area contributed by atoms with Crippen LogP contribution in [0.3, 0.4) is 0 Å². The summed E-state index contributed by atoms with van der Waals surface area (Å²) in [4.78, 5) is 11.7. The van der Waals surface area contributed by atoms with E-state index in [-0.39, 0.29) is 12.5 Å². The summed E-state index contributed by atoms with van der Waals surface area (Å²) >= 11 is 0. The van der Waals surface area contributed by atoms with Gasteiger partial charge in [0.1, 0.15) is 0 Å². The Hall–Kier alpha value is -1.39. The molecule has 2 unspecified atom stereocenters. The Labute approximate surface area is 153 Å². The Morgan fingerprint density at radius 1 is 0.920 bits per heavy atom. The van der Waals surface area contributed by atoms with Gasteiger partial charge in [0.15, 0.2) is 0 Å². The molecule has 0 aromatic carbocycles. The first-order valence-corrected chi connectivity index (χ1v) is 9.70. The third-order valence-electron chi connectivity index (χ3n) is 3.83. The quantitative estimate of drug-likeness (QED) is 0.308. The van der Waals surface area contributed by atoms with E-state index >= 15 is 0 Å². The molecule has 144 valence electrons. The number of aliphatic hydroxyl groups excluding tert-OH is 2. The number of allylic oxidation sites excluding steroid dienone is 5. The van der Waals surface area contributed by atoms with Crippen molar-refractivity contribution in [2.24, 2.45) is 0 Å². The molecule has 0 radical (unpaired) electrons. The highest BCUT2D eigenvalue weighted by atomic mass is 16.3. The summed E-state index contributed by atoms with van der Waals surface area (Å²) in [6.45, 7) is 3.93. The maximum absolute atomic E-state index is 11.7. The van der Waals surface area contributed by atoms with E-state index in [0.29, 0.717) is 6.42 Å². The monoisotopic (exact) mass is 351 g/mol. The van der Waals surface area contributed by atoms with E-state index in [9.17, 15) is 15.0 Å². The molecular formula is C21H37NO3. The van der Waals surface area contributed by atoms with E-state index in [1.54, 1.807) is 6.08 Å². The van der Waals surface area contributed by atoms with Gasteiger partial charge in [-0.2, -0.15) is 0 Å². The second-order valence-corrected chi connectivity index (χ2v) is 6.27. The number of nitrogens with one attached hydrogen (secondary N) is 1. The molecule has 0 saturated heterocycles. The molecule has 0 aliphatic rings. The van der Waals surface area contributed by atoms with Crippen LogP contribution in [-0.2, 0) is 4.79 Å². The van der Waals surface area contributed by atoms with Crippen molar-refractivity contribution in [2.45, 2.75) is 83.8 Å². The Morgan fingerprint density at radius 3 is 2.00 bits per heavy atom. The number of carbonyl (C=O) groups excluding carboxylic acids is 1. The highest BCUT2D eigenvalue weighted by molar-refractivity contribution is 5.76. The number of amides is 1. The molecule has 0 aliphatic carbocycles. The summed E-state index contributed by atoms with van der Waals surface area (Å²) in [5.41, 5.74) is 0. The molecule has 4 heteroatoms. The number of hydrogen-bond donors (Lipinski definition) is 3. The molecule has 1 amide bonds. The minimum absolute atomic E-state index is 0.121. The molecule has 0 bridgehead atoms. The number of aliphatic hydroxyl groups is 2. The lowest BCUT2D eigenvalue weighted by Gasteiger charge is -2.19. The lowest BCUT2D eigenvalue weighted by Crippen LogP contribution is -2.45. The molecule has 0 rings (SSSR count). The number of carbonyl (C=O) groups is 1. The molecule has 0 saturated carbocycles. The Bertz CT molecular complexity index is 402. The molecular weight excluding hydrogens is 314 g/mol. The van der Waals surface area contributed by atoms with E-state index < -0.39 is 12.1 Å². The van der Waals surface area contributed by atoms with E-state index in [1.807, 2.05) is 13.0 Å². The lowest BCUT2D eigenvalue weighted by molar-refractivity contribution is -0.122. The first-order valence-electron chi connectivity index (χ1n) is 9.70. The maximum Gasteiger partial charge on any atom is 0.220 e. The highest BCUT2D eigenvalue weighted by Gasteiger charge is 2.17. The predicted molar refractivity (Wildman–Crippen MR) is 105 cm³/mol. The first kappa shape index (κ1) is 23.6. The van der Waals surface area contributed by atoms with Gasteiger partial charge in [-0.1, -0.05) is 63.1 Å². The summed E-state index contributed by atoms with van der Waals surface area (Å²) in [5, 5.41) is 22.0. The Morgan fingerprint density at radius 2 is 1.48 bits per heavy atom. The van der Waals surface area contributed by atoms with Crippen molar-refractivity contribution in [1.82, 2.24) is 5.32 Å². The predicted octanol–water partition coefficient (Wildman–Crippen LogP) is 4.04. The van der Waals surface area contributed by atoms with Crippen molar-refractivity contribution in [3.8, 4) is 0 Å². The van der Waals surface area contributed by atoms with Crippen LogP contribution >= 0.6 is 0 Å². The maximum atomic E-state index is 11.7. The zero-order chi connectivity index (χ0) is 18.8. The Balaban J connectivity index is 3.91. The van der Waals surface area contributed by atoms with Gasteiger partial charge in [-0.3, -0.25) is 4.79 Å². The second kappa shape index (κ2) is 17.4. The molecule has 3 N–H and O–H groups in total. The molecule has 0 spiro atoms. The highest BCUT2D eigenvalue weighted by Crippen LogP contribution is 2.02. The normalized spacial score (nSPS) is 14.6. The van der Waals surface area contributed by atoms with Crippen LogP contribution < -0.4 is 5.32 Å². The van der Waals surface area contributed by atoms with Gasteiger partial charge in [-0.15, -0.1) is 0 Å². The third-order valence-corrected chi connectivity index (χ3v) is 3.83. The van der Waals surface area contributed by atoms with Crippen molar-refractivity contribution in [2.75, 3.05) is 6.61 Å². The Kier molecular flexibility index (Phi) is 16.5. The van der Waals surface area contributed by atoms with Crippen LogP contribution in [-0.4, -0.2) is 34.9 Å². The standard InChI is InChI=1S/C21H37NO3/c1-3-5-7-8-9-10-11-12-13-14-15-16-20(24)19(18-23)22-21(25)17-6-4-2/h7-8,11-12,15-16,19-20,23-24H,3-6,9-10,13-14,17-18H2,1-2H3,(H,22,25)/b8-7+,12-11+,16-15+. The van der Waals surface area contributed by atoms with Crippen molar-refractivity contribution >= 4 is 5.91 Å². The van der Waals surface area contributed by atoms with Crippen LogP contribution in [0.15, 0.2) is 36.5 Å². The summed E-state index contributed by atoms with van der Waals surface area (Å²) in [6.07, 6.45) is 20.0.